The molecule has 2 aliphatic heterocycles. The molecule has 3 aromatic rings. The Morgan fingerprint density at radius 3 is 2.91 bits per heavy atom. The fraction of sp³-hybridized carbons (Fsp3) is 0.429. The van der Waals surface area contributed by atoms with Crippen molar-refractivity contribution in [1.29, 1.82) is 5.26 Å². The second-order valence-electron chi connectivity index (χ2n) is 11.1. The van der Waals surface area contributed by atoms with Gasteiger partial charge >= 0.3 is 0 Å². The molecule has 2 bridgehead atoms. The topological polar surface area (TPSA) is 88.9 Å². The van der Waals surface area contributed by atoms with Gasteiger partial charge < -0.3 is 9.80 Å². The number of nitrogens with one attached hydrogen (secondary N) is 1. The third kappa shape index (κ3) is 2.68. The molecule has 0 radical (unpaired) electrons. The molecule has 1 saturated carbocycles. The number of nitrogens with zero attached hydrogens (tertiary/aromatic N) is 5. The Kier molecular flexibility index (Phi) is 4.10. The van der Waals surface area contributed by atoms with E-state index in [9.17, 15) is 10.1 Å². The number of fused-ring (bicyclic) bond motifs is 1. The summed E-state index contributed by atoms with van der Waals surface area (Å²) in [4.78, 5) is 21.5. The highest BCUT2D eigenvalue weighted by Gasteiger charge is 2.55. The monoisotopic (exact) mass is 464 g/mol. The number of para-hydroxylation sites is 1. The zero-order valence-electron chi connectivity index (χ0n) is 20.0. The standard InChI is InChI=1S/C28H28N6O/c1-3-23(35)34-15-27(16-34)7-8-33(14-27)26-21(12-29)17(2)20-9-18-10-28(11-18,25(20)31-26)22-6-4-5-19-13-30-32-24(19)22/h3-6,13,18H,1,7-11,14-16H2,2H3,(H,30,32). The Bertz CT molecular complexity index is 1450. The van der Waals surface area contributed by atoms with Gasteiger partial charge in [-0.25, -0.2) is 4.98 Å². The zero-order valence-corrected chi connectivity index (χ0v) is 20.0. The van der Waals surface area contributed by atoms with E-state index in [1.165, 1.54) is 17.2 Å². The summed E-state index contributed by atoms with van der Waals surface area (Å²) in [6.07, 6.45) is 7.49. The lowest BCUT2D eigenvalue weighted by Gasteiger charge is -2.53. The Morgan fingerprint density at radius 1 is 1.31 bits per heavy atom. The van der Waals surface area contributed by atoms with E-state index >= 15 is 0 Å². The van der Waals surface area contributed by atoms with Crippen molar-refractivity contribution in [2.24, 2.45) is 11.3 Å². The van der Waals surface area contributed by atoms with Gasteiger partial charge in [-0.3, -0.25) is 9.89 Å². The first kappa shape index (κ1) is 20.7. The minimum absolute atomic E-state index is 0.00370. The molecule has 7 heteroatoms. The lowest BCUT2D eigenvalue weighted by atomic mass is 9.50. The second kappa shape index (κ2) is 6.94. The molecule has 8 rings (SSSR count). The van der Waals surface area contributed by atoms with Gasteiger partial charge in [-0.1, -0.05) is 24.8 Å². The van der Waals surface area contributed by atoms with E-state index in [4.69, 9.17) is 4.98 Å². The summed E-state index contributed by atoms with van der Waals surface area (Å²) in [5.74, 6) is 1.47. The molecule has 2 saturated heterocycles. The van der Waals surface area contributed by atoms with E-state index in [1.54, 1.807) is 0 Å². The van der Waals surface area contributed by atoms with Gasteiger partial charge in [0.05, 0.1) is 23.0 Å². The van der Waals surface area contributed by atoms with E-state index in [0.29, 0.717) is 5.92 Å². The Labute approximate surface area is 204 Å². The molecule has 4 heterocycles. The minimum atomic E-state index is -0.126. The number of nitriles is 1. The number of pyridine rings is 1. The minimum Gasteiger partial charge on any atom is -0.355 e. The van der Waals surface area contributed by atoms with E-state index in [2.05, 4.69) is 52.9 Å². The molecular weight excluding hydrogens is 436 g/mol. The predicted molar refractivity (Wildman–Crippen MR) is 133 cm³/mol. The number of amides is 1. The van der Waals surface area contributed by atoms with Crippen LogP contribution in [0.4, 0.5) is 5.82 Å². The van der Waals surface area contributed by atoms with Crippen LogP contribution >= 0.6 is 0 Å². The number of aromatic amines is 1. The van der Waals surface area contributed by atoms with E-state index in [0.717, 1.165) is 85.4 Å². The first-order valence-corrected chi connectivity index (χ1v) is 12.5. The highest BCUT2D eigenvalue weighted by molar-refractivity contribution is 5.88. The second-order valence-corrected chi connectivity index (χ2v) is 11.1. The van der Waals surface area contributed by atoms with Crippen LogP contribution in [-0.2, 0) is 16.6 Å². The maximum Gasteiger partial charge on any atom is 0.245 e. The van der Waals surface area contributed by atoms with Crippen molar-refractivity contribution in [2.75, 3.05) is 31.1 Å². The van der Waals surface area contributed by atoms with Crippen molar-refractivity contribution in [3.05, 3.63) is 65.0 Å². The van der Waals surface area contributed by atoms with Gasteiger partial charge in [0, 0.05) is 42.4 Å². The van der Waals surface area contributed by atoms with Crippen molar-refractivity contribution >= 4 is 22.6 Å². The molecule has 3 fully saturated rings. The van der Waals surface area contributed by atoms with Crippen LogP contribution in [0.3, 0.4) is 0 Å². The number of carbonyl (C=O) groups excluding carboxylic acids is 1. The molecule has 5 aliphatic rings. The summed E-state index contributed by atoms with van der Waals surface area (Å²) >= 11 is 0. The molecule has 1 spiro atoms. The van der Waals surface area contributed by atoms with Crippen LogP contribution in [-0.4, -0.2) is 52.2 Å². The number of likely N-dealkylation sites (tertiary alicyclic amines) is 1. The largest absolute Gasteiger partial charge is 0.355 e. The summed E-state index contributed by atoms with van der Waals surface area (Å²) in [5.41, 5.74) is 6.59. The lowest BCUT2D eigenvalue weighted by Crippen LogP contribution is -2.59. The summed E-state index contributed by atoms with van der Waals surface area (Å²) in [6.45, 7) is 8.94. The fourth-order valence-corrected chi connectivity index (χ4v) is 7.42. The molecular formula is C28H28N6O. The highest BCUT2D eigenvalue weighted by Crippen LogP contribution is 2.60. The zero-order chi connectivity index (χ0) is 23.9. The molecule has 0 unspecified atom stereocenters. The van der Waals surface area contributed by atoms with E-state index < -0.39 is 0 Å². The van der Waals surface area contributed by atoms with E-state index in [1.807, 2.05) is 11.1 Å². The summed E-state index contributed by atoms with van der Waals surface area (Å²) in [6, 6.07) is 8.95. The average molecular weight is 465 g/mol. The van der Waals surface area contributed by atoms with Crippen molar-refractivity contribution in [3.8, 4) is 6.07 Å². The maximum atomic E-state index is 12.0. The molecule has 35 heavy (non-hydrogen) atoms. The number of rotatable bonds is 3. The van der Waals surface area contributed by atoms with Crippen molar-refractivity contribution < 1.29 is 4.79 Å². The van der Waals surface area contributed by atoms with Crippen molar-refractivity contribution in [1.82, 2.24) is 20.1 Å². The molecule has 1 amide bonds. The normalized spacial score (nSPS) is 25.7. The highest BCUT2D eigenvalue weighted by atomic mass is 16.2. The number of anilines is 1. The smallest absolute Gasteiger partial charge is 0.245 e. The van der Waals surface area contributed by atoms with Crippen molar-refractivity contribution in [3.63, 3.8) is 0 Å². The van der Waals surface area contributed by atoms with Gasteiger partial charge in [0.15, 0.2) is 0 Å². The van der Waals surface area contributed by atoms with Gasteiger partial charge in [0.1, 0.15) is 11.9 Å². The Morgan fingerprint density at radius 2 is 2.14 bits per heavy atom. The van der Waals surface area contributed by atoms with E-state index in [-0.39, 0.29) is 16.7 Å². The summed E-state index contributed by atoms with van der Waals surface area (Å²) in [5, 5.41) is 18.9. The van der Waals surface area contributed by atoms with Gasteiger partial charge in [-0.05, 0) is 61.3 Å². The van der Waals surface area contributed by atoms with Gasteiger partial charge in [-0.2, -0.15) is 10.4 Å². The first-order chi connectivity index (χ1) is 17.0. The van der Waals surface area contributed by atoms with Gasteiger partial charge in [0.2, 0.25) is 5.91 Å². The molecule has 176 valence electrons. The third-order valence-corrected chi connectivity index (χ3v) is 9.16. The van der Waals surface area contributed by atoms with Crippen LogP contribution < -0.4 is 4.90 Å². The number of aromatic nitrogens is 3. The van der Waals surface area contributed by atoms with Crippen LogP contribution in [0.2, 0.25) is 0 Å². The number of hydrogen-bond acceptors (Lipinski definition) is 5. The van der Waals surface area contributed by atoms with Crippen LogP contribution in [0.1, 0.15) is 47.2 Å². The first-order valence-electron chi connectivity index (χ1n) is 12.5. The number of H-pyrrole nitrogens is 1. The molecule has 7 nitrogen and oxygen atoms in total. The Balaban J connectivity index is 1.31. The fourth-order valence-electron chi connectivity index (χ4n) is 7.42. The summed E-state index contributed by atoms with van der Waals surface area (Å²) < 4.78 is 0. The maximum absolute atomic E-state index is 12.0. The lowest BCUT2D eigenvalue weighted by molar-refractivity contribution is -0.136. The predicted octanol–water partition coefficient (Wildman–Crippen LogP) is 3.61. The average Bonchev–Trinajstić information content (AvgIpc) is 3.49. The molecule has 0 atom stereocenters. The molecule has 1 N–H and O–H groups in total. The van der Waals surface area contributed by atoms with Gasteiger partial charge in [-0.15, -0.1) is 0 Å². The number of hydrogen-bond donors (Lipinski definition) is 1. The third-order valence-electron chi connectivity index (χ3n) is 9.16. The molecule has 3 aliphatic carbocycles. The Hall–Kier alpha value is -3.66. The SMILES string of the molecule is C=CC(=O)N1CC2(CCN(c3nc4c(c(C)c3C#N)CC3CC4(c4cccc5cn[nH]c45)C3)C2)C1. The molecule has 1 aromatic carbocycles. The number of carbonyl (C=O) groups is 1. The number of benzene rings is 1. The van der Waals surface area contributed by atoms with Crippen LogP contribution in [0.5, 0.6) is 0 Å². The van der Waals surface area contributed by atoms with Crippen LogP contribution in [0.15, 0.2) is 37.1 Å². The quantitative estimate of drug-likeness (QED) is 0.598. The summed E-state index contributed by atoms with van der Waals surface area (Å²) in [7, 11) is 0. The van der Waals surface area contributed by atoms with Gasteiger partial charge in [0.25, 0.3) is 0 Å². The molecule has 2 aromatic heterocycles. The van der Waals surface area contributed by atoms with Crippen molar-refractivity contribution in [2.45, 2.75) is 38.0 Å². The van der Waals surface area contributed by atoms with Crippen LogP contribution in [0.25, 0.3) is 10.9 Å². The van der Waals surface area contributed by atoms with Crippen LogP contribution in [0, 0.1) is 29.6 Å².